The molecule has 0 bridgehead atoms. The molecule has 0 aliphatic rings. The van der Waals surface area contributed by atoms with Gasteiger partial charge in [0.05, 0.1) is 21.7 Å². The van der Waals surface area contributed by atoms with Crippen molar-refractivity contribution in [3.8, 4) is 5.75 Å². The predicted octanol–water partition coefficient (Wildman–Crippen LogP) is 3.74. The summed E-state index contributed by atoms with van der Waals surface area (Å²) in [6.45, 7) is 2.60. The zero-order valence-electron chi connectivity index (χ0n) is 14.4. The van der Waals surface area contributed by atoms with Crippen LogP contribution in [0.2, 0.25) is 0 Å². The first kappa shape index (κ1) is 18.3. The Hall–Kier alpha value is -2.45. The number of hydrogen-bond acceptors (Lipinski definition) is 6. The van der Waals surface area contributed by atoms with Crippen molar-refractivity contribution in [2.45, 2.75) is 18.2 Å². The first-order chi connectivity index (χ1) is 12.4. The maximum absolute atomic E-state index is 12.4. The molecule has 26 heavy (non-hydrogen) atoms. The molecule has 3 aromatic rings. The molecule has 0 radical (unpaired) electrons. The van der Waals surface area contributed by atoms with Crippen LogP contribution in [-0.2, 0) is 9.84 Å². The van der Waals surface area contributed by atoms with Crippen molar-refractivity contribution < 1.29 is 17.9 Å². The zero-order valence-corrected chi connectivity index (χ0v) is 16.0. The third-order valence-corrected chi connectivity index (χ3v) is 5.62. The molecular weight excluding hydrogens is 372 g/mol. The van der Waals surface area contributed by atoms with E-state index in [1.165, 1.54) is 17.4 Å². The van der Waals surface area contributed by atoms with E-state index >= 15 is 0 Å². The maximum atomic E-state index is 12.4. The lowest BCUT2D eigenvalue weighted by Gasteiger charge is -2.06. The molecule has 1 heterocycles. The van der Waals surface area contributed by atoms with E-state index in [-0.39, 0.29) is 10.8 Å². The van der Waals surface area contributed by atoms with Crippen LogP contribution in [0.15, 0.2) is 47.4 Å². The summed E-state index contributed by atoms with van der Waals surface area (Å²) in [6, 6.07) is 11.7. The fraction of sp³-hybridized carbons (Fsp3) is 0.222. The van der Waals surface area contributed by atoms with Crippen molar-refractivity contribution in [3.05, 3.63) is 48.0 Å². The molecule has 2 aromatic carbocycles. The molecule has 136 valence electrons. The van der Waals surface area contributed by atoms with E-state index < -0.39 is 9.84 Å². The Kier molecular flexibility index (Phi) is 5.24. The van der Waals surface area contributed by atoms with Gasteiger partial charge in [0.2, 0.25) is 0 Å². The van der Waals surface area contributed by atoms with E-state index in [4.69, 9.17) is 4.74 Å². The van der Waals surface area contributed by atoms with Crippen molar-refractivity contribution in [2.75, 3.05) is 18.2 Å². The number of amides is 1. The van der Waals surface area contributed by atoms with E-state index in [2.05, 4.69) is 10.3 Å². The fourth-order valence-electron chi connectivity index (χ4n) is 2.31. The molecule has 0 aliphatic heterocycles. The minimum absolute atomic E-state index is 0.229. The highest BCUT2D eigenvalue weighted by Gasteiger charge is 2.13. The van der Waals surface area contributed by atoms with Crippen molar-refractivity contribution >= 4 is 42.4 Å². The average Bonchev–Trinajstić information content (AvgIpc) is 3.00. The molecule has 1 amide bonds. The number of nitrogens with zero attached hydrogens (tertiary/aromatic N) is 1. The summed E-state index contributed by atoms with van der Waals surface area (Å²) in [4.78, 5) is 17.0. The number of thiazole rings is 1. The number of carbonyl (C=O) groups excluding carboxylic acids is 1. The predicted molar refractivity (Wildman–Crippen MR) is 103 cm³/mol. The number of benzene rings is 2. The second kappa shape index (κ2) is 7.43. The lowest BCUT2D eigenvalue weighted by Crippen LogP contribution is -2.11. The number of aromatic nitrogens is 1. The highest BCUT2D eigenvalue weighted by atomic mass is 32.2. The van der Waals surface area contributed by atoms with Gasteiger partial charge in [-0.15, -0.1) is 0 Å². The van der Waals surface area contributed by atoms with E-state index in [9.17, 15) is 13.2 Å². The minimum atomic E-state index is -3.29. The SMILES string of the molecule is CCCOc1cccc(C(=O)Nc2nc3ccc(S(C)(=O)=O)cc3s2)c1. The smallest absolute Gasteiger partial charge is 0.257 e. The van der Waals surface area contributed by atoms with Gasteiger partial charge in [0.25, 0.3) is 5.91 Å². The van der Waals surface area contributed by atoms with Gasteiger partial charge in [-0.25, -0.2) is 13.4 Å². The van der Waals surface area contributed by atoms with Crippen LogP contribution >= 0.6 is 11.3 Å². The number of nitrogens with one attached hydrogen (secondary N) is 1. The number of carbonyl (C=O) groups is 1. The molecule has 8 heteroatoms. The molecule has 1 aromatic heterocycles. The summed E-state index contributed by atoms with van der Waals surface area (Å²) < 4.78 is 29.5. The lowest BCUT2D eigenvalue weighted by molar-refractivity contribution is 0.102. The molecule has 6 nitrogen and oxygen atoms in total. The van der Waals surface area contributed by atoms with Crippen molar-refractivity contribution in [2.24, 2.45) is 0 Å². The number of rotatable bonds is 6. The molecule has 0 atom stereocenters. The van der Waals surface area contributed by atoms with Gasteiger partial charge < -0.3 is 4.74 Å². The van der Waals surface area contributed by atoms with Gasteiger partial charge in [-0.1, -0.05) is 24.3 Å². The summed E-state index contributed by atoms with van der Waals surface area (Å²) in [5.74, 6) is 0.343. The lowest BCUT2D eigenvalue weighted by atomic mass is 10.2. The van der Waals surface area contributed by atoms with Gasteiger partial charge in [0, 0.05) is 11.8 Å². The van der Waals surface area contributed by atoms with Gasteiger partial charge in [0.1, 0.15) is 5.75 Å². The quantitative estimate of drug-likeness (QED) is 0.693. The first-order valence-corrected chi connectivity index (χ1v) is 10.7. The highest BCUT2D eigenvalue weighted by molar-refractivity contribution is 7.90. The minimum Gasteiger partial charge on any atom is -0.494 e. The highest BCUT2D eigenvalue weighted by Crippen LogP contribution is 2.28. The van der Waals surface area contributed by atoms with Gasteiger partial charge in [-0.2, -0.15) is 0 Å². The van der Waals surface area contributed by atoms with Gasteiger partial charge in [0.15, 0.2) is 15.0 Å². The molecule has 0 spiro atoms. The Bertz CT molecular complexity index is 1060. The second-order valence-electron chi connectivity index (χ2n) is 5.75. The van der Waals surface area contributed by atoms with Gasteiger partial charge in [-0.3, -0.25) is 10.1 Å². The Morgan fingerprint density at radius 3 is 2.77 bits per heavy atom. The monoisotopic (exact) mass is 390 g/mol. The third kappa shape index (κ3) is 4.20. The maximum Gasteiger partial charge on any atom is 0.257 e. The number of hydrogen-bond donors (Lipinski definition) is 1. The normalized spacial score (nSPS) is 11.5. The molecule has 0 unspecified atom stereocenters. The summed E-state index contributed by atoms with van der Waals surface area (Å²) in [7, 11) is -3.29. The summed E-state index contributed by atoms with van der Waals surface area (Å²) in [6.07, 6.45) is 2.04. The van der Waals surface area contributed by atoms with Gasteiger partial charge >= 0.3 is 0 Å². The molecule has 3 rings (SSSR count). The number of fused-ring (bicyclic) bond motifs is 1. The van der Waals surface area contributed by atoms with Crippen molar-refractivity contribution in [1.29, 1.82) is 0 Å². The van der Waals surface area contributed by atoms with E-state index in [0.29, 0.717) is 33.3 Å². The molecule has 1 N–H and O–H groups in total. The van der Waals surface area contributed by atoms with Crippen LogP contribution in [-0.4, -0.2) is 32.2 Å². The Labute approximate surface area is 155 Å². The first-order valence-electron chi connectivity index (χ1n) is 8.01. The van der Waals surface area contributed by atoms with Crippen LogP contribution in [0.5, 0.6) is 5.75 Å². The molecule has 0 saturated carbocycles. The topological polar surface area (TPSA) is 85.4 Å². The third-order valence-electron chi connectivity index (χ3n) is 3.58. The number of ether oxygens (including phenoxy) is 1. The standard InChI is InChI=1S/C18H18N2O4S2/c1-3-9-24-13-6-4-5-12(10-13)17(21)20-18-19-15-8-7-14(26(2,22)23)11-16(15)25-18/h4-8,10-11H,3,9H2,1-2H3,(H,19,20,21). The van der Waals surface area contributed by atoms with Crippen LogP contribution in [0.4, 0.5) is 5.13 Å². The van der Waals surface area contributed by atoms with Crippen molar-refractivity contribution in [3.63, 3.8) is 0 Å². The summed E-state index contributed by atoms with van der Waals surface area (Å²) >= 11 is 1.23. The Balaban J connectivity index is 1.81. The average molecular weight is 390 g/mol. The fourth-order valence-corrected chi connectivity index (χ4v) is 3.93. The van der Waals surface area contributed by atoms with Crippen LogP contribution < -0.4 is 10.1 Å². The second-order valence-corrected chi connectivity index (χ2v) is 8.80. The van der Waals surface area contributed by atoms with Crippen LogP contribution in [0.3, 0.4) is 0 Å². The number of anilines is 1. The number of sulfone groups is 1. The molecule has 0 aliphatic carbocycles. The Morgan fingerprint density at radius 2 is 2.04 bits per heavy atom. The van der Waals surface area contributed by atoms with Crippen molar-refractivity contribution in [1.82, 2.24) is 4.98 Å². The summed E-state index contributed by atoms with van der Waals surface area (Å²) in [5.41, 5.74) is 1.10. The largest absolute Gasteiger partial charge is 0.494 e. The molecule has 0 fully saturated rings. The van der Waals surface area contributed by atoms with Crippen LogP contribution in [0.1, 0.15) is 23.7 Å². The summed E-state index contributed by atoms with van der Waals surface area (Å²) in [5, 5.41) is 3.17. The van der Waals surface area contributed by atoms with E-state index in [1.807, 2.05) is 6.92 Å². The van der Waals surface area contributed by atoms with Gasteiger partial charge in [-0.05, 0) is 42.8 Å². The van der Waals surface area contributed by atoms with E-state index in [0.717, 1.165) is 12.7 Å². The molecule has 0 saturated heterocycles. The van der Waals surface area contributed by atoms with Crippen LogP contribution in [0.25, 0.3) is 10.2 Å². The zero-order chi connectivity index (χ0) is 18.7. The van der Waals surface area contributed by atoms with E-state index in [1.54, 1.807) is 36.4 Å². The Morgan fingerprint density at radius 1 is 1.23 bits per heavy atom. The van der Waals surface area contributed by atoms with Crippen LogP contribution in [0, 0.1) is 0 Å². The molecular formula is C18H18N2O4S2.